The molecule has 0 bridgehead atoms. The Bertz CT molecular complexity index is 1130. The number of hydrogen-bond donors (Lipinski definition) is 1. The van der Waals surface area contributed by atoms with E-state index in [1.807, 2.05) is 6.07 Å². The summed E-state index contributed by atoms with van der Waals surface area (Å²) in [6.45, 7) is 3.59. The van der Waals surface area contributed by atoms with E-state index >= 15 is 0 Å². The summed E-state index contributed by atoms with van der Waals surface area (Å²) in [4.78, 5) is 10.3. The van der Waals surface area contributed by atoms with Crippen LogP contribution in [-0.4, -0.2) is 45.8 Å². The quantitative estimate of drug-likeness (QED) is 0.640. The molecule has 142 valence electrons. The van der Waals surface area contributed by atoms with E-state index in [-0.39, 0.29) is 5.02 Å². The third kappa shape index (κ3) is 2.99. The lowest BCUT2D eigenvalue weighted by atomic mass is 10.2. The summed E-state index contributed by atoms with van der Waals surface area (Å²) in [6.07, 6.45) is 3.71. The zero-order chi connectivity index (χ0) is 19.3. The summed E-state index contributed by atoms with van der Waals surface area (Å²) < 4.78 is 26.9. The third-order valence-electron chi connectivity index (χ3n) is 4.51. The molecular weight excluding hydrogens is 413 g/mol. The fraction of sp³-hybridized carbons (Fsp3) is 0.312. The zero-order valence-corrected chi connectivity index (χ0v) is 16.6. The number of aromatic nitrogens is 4. The number of anilines is 1. The molecule has 0 amide bonds. The average Bonchev–Trinajstić information content (AvgIpc) is 3.27. The molecule has 1 aliphatic rings. The van der Waals surface area contributed by atoms with Crippen molar-refractivity contribution in [1.29, 1.82) is 0 Å². The SMILES string of the molecule is Cc1nn(S(=O)(=O)c2cc(Cl)c(O)c(Cl)n2)c2cnc(N3CCCC3)cc12. The normalized spacial score (nSPS) is 15.0. The van der Waals surface area contributed by atoms with Crippen molar-refractivity contribution in [3.05, 3.63) is 34.2 Å². The molecule has 0 aliphatic carbocycles. The summed E-state index contributed by atoms with van der Waals surface area (Å²) in [5.74, 6) is 0.324. The monoisotopic (exact) mass is 427 g/mol. The fourth-order valence-electron chi connectivity index (χ4n) is 3.10. The van der Waals surface area contributed by atoms with Crippen LogP contribution in [0.25, 0.3) is 10.9 Å². The molecule has 4 heterocycles. The van der Waals surface area contributed by atoms with Crippen LogP contribution < -0.4 is 4.90 Å². The van der Waals surface area contributed by atoms with E-state index < -0.39 is 26.0 Å². The highest BCUT2D eigenvalue weighted by atomic mass is 35.5. The number of pyridine rings is 2. The minimum atomic E-state index is -4.18. The van der Waals surface area contributed by atoms with Crippen LogP contribution in [0.15, 0.2) is 23.4 Å². The lowest BCUT2D eigenvalue weighted by molar-refractivity contribution is 0.471. The van der Waals surface area contributed by atoms with E-state index in [9.17, 15) is 13.5 Å². The number of nitrogens with zero attached hydrogens (tertiary/aromatic N) is 5. The largest absolute Gasteiger partial charge is 0.504 e. The fourth-order valence-corrected chi connectivity index (χ4v) is 4.94. The van der Waals surface area contributed by atoms with Crippen molar-refractivity contribution in [2.24, 2.45) is 0 Å². The molecule has 1 N–H and O–H groups in total. The molecule has 27 heavy (non-hydrogen) atoms. The highest BCUT2D eigenvalue weighted by molar-refractivity contribution is 7.90. The molecule has 3 aromatic rings. The van der Waals surface area contributed by atoms with E-state index in [0.717, 1.165) is 41.9 Å². The van der Waals surface area contributed by atoms with Crippen molar-refractivity contribution in [2.45, 2.75) is 24.8 Å². The van der Waals surface area contributed by atoms with Gasteiger partial charge in [0.25, 0.3) is 0 Å². The van der Waals surface area contributed by atoms with Crippen LogP contribution in [0.4, 0.5) is 5.82 Å². The van der Waals surface area contributed by atoms with Crippen LogP contribution in [0.5, 0.6) is 5.75 Å². The highest BCUT2D eigenvalue weighted by Crippen LogP contribution is 2.33. The summed E-state index contributed by atoms with van der Waals surface area (Å²) >= 11 is 11.6. The van der Waals surface area contributed by atoms with Crippen molar-refractivity contribution < 1.29 is 13.5 Å². The Morgan fingerprint density at radius 3 is 2.56 bits per heavy atom. The van der Waals surface area contributed by atoms with Crippen molar-refractivity contribution in [2.75, 3.05) is 18.0 Å². The molecule has 8 nitrogen and oxygen atoms in total. The average molecular weight is 428 g/mol. The van der Waals surface area contributed by atoms with E-state index in [0.29, 0.717) is 16.6 Å². The second kappa shape index (κ2) is 6.50. The van der Waals surface area contributed by atoms with Gasteiger partial charge in [0.15, 0.2) is 15.9 Å². The van der Waals surface area contributed by atoms with Gasteiger partial charge in [-0.2, -0.15) is 13.5 Å². The Hall–Kier alpha value is -2.10. The predicted molar refractivity (Wildman–Crippen MR) is 102 cm³/mol. The van der Waals surface area contributed by atoms with Gasteiger partial charge in [-0.15, -0.1) is 4.09 Å². The van der Waals surface area contributed by atoms with Crippen LogP contribution in [0.1, 0.15) is 18.5 Å². The van der Waals surface area contributed by atoms with Crippen LogP contribution in [0, 0.1) is 6.92 Å². The maximum absolute atomic E-state index is 13.0. The van der Waals surface area contributed by atoms with Crippen molar-refractivity contribution in [3.8, 4) is 5.75 Å². The minimum Gasteiger partial charge on any atom is -0.504 e. The zero-order valence-electron chi connectivity index (χ0n) is 14.2. The first-order valence-corrected chi connectivity index (χ1v) is 10.4. The van der Waals surface area contributed by atoms with E-state index in [1.165, 1.54) is 6.20 Å². The summed E-state index contributed by atoms with van der Waals surface area (Å²) in [6, 6.07) is 2.88. The molecule has 0 unspecified atom stereocenters. The standard InChI is InChI=1S/C16H15Cl2N5O3S/c1-9-10-6-13(22-4-2-3-5-22)19-8-12(10)23(21-9)27(25,26)14-7-11(17)15(24)16(18)20-14/h6-8,24H,2-5H2,1H3. The second-order valence-corrected chi connectivity index (χ2v) is 8.75. The molecule has 4 rings (SSSR count). The number of rotatable bonds is 3. The van der Waals surface area contributed by atoms with Crippen molar-refractivity contribution in [3.63, 3.8) is 0 Å². The molecule has 0 aromatic carbocycles. The highest BCUT2D eigenvalue weighted by Gasteiger charge is 2.26. The van der Waals surface area contributed by atoms with Gasteiger partial charge in [-0.25, -0.2) is 9.97 Å². The number of hydrogen-bond acceptors (Lipinski definition) is 7. The molecule has 1 saturated heterocycles. The van der Waals surface area contributed by atoms with Crippen LogP contribution >= 0.6 is 23.2 Å². The Morgan fingerprint density at radius 2 is 1.89 bits per heavy atom. The first-order chi connectivity index (χ1) is 12.8. The van der Waals surface area contributed by atoms with Gasteiger partial charge in [-0.3, -0.25) is 0 Å². The van der Waals surface area contributed by atoms with Gasteiger partial charge < -0.3 is 10.0 Å². The predicted octanol–water partition coefficient (Wildman–Crippen LogP) is 2.98. The number of fused-ring (bicyclic) bond motifs is 1. The van der Waals surface area contributed by atoms with Crippen LogP contribution in [0.3, 0.4) is 0 Å². The maximum Gasteiger partial charge on any atom is 0.301 e. The van der Waals surface area contributed by atoms with Gasteiger partial charge in [0.2, 0.25) is 0 Å². The van der Waals surface area contributed by atoms with Gasteiger partial charge in [0, 0.05) is 18.5 Å². The second-order valence-electron chi connectivity index (χ2n) is 6.27. The molecule has 11 heteroatoms. The maximum atomic E-state index is 13.0. The Morgan fingerprint density at radius 1 is 1.19 bits per heavy atom. The number of halogens is 2. The first kappa shape index (κ1) is 18.3. The molecule has 1 fully saturated rings. The number of aryl methyl sites for hydroxylation is 1. The van der Waals surface area contributed by atoms with Crippen molar-refractivity contribution >= 4 is 49.9 Å². The van der Waals surface area contributed by atoms with Gasteiger partial charge >= 0.3 is 10.0 Å². The van der Waals surface area contributed by atoms with E-state index in [2.05, 4.69) is 20.0 Å². The summed E-state index contributed by atoms with van der Waals surface area (Å²) in [7, 11) is -4.18. The topological polar surface area (TPSA) is 101 Å². The summed E-state index contributed by atoms with van der Waals surface area (Å²) in [5.41, 5.74) is 0.880. The van der Waals surface area contributed by atoms with Gasteiger partial charge in [0.05, 0.1) is 16.9 Å². The minimum absolute atomic E-state index is 0.212. The molecule has 1 aliphatic heterocycles. The molecule has 0 spiro atoms. The van der Waals surface area contributed by atoms with Gasteiger partial charge in [0.1, 0.15) is 11.3 Å². The van der Waals surface area contributed by atoms with Crippen LogP contribution in [0.2, 0.25) is 10.2 Å². The van der Waals surface area contributed by atoms with Gasteiger partial charge in [-0.1, -0.05) is 23.2 Å². The Balaban J connectivity index is 1.86. The number of aromatic hydroxyl groups is 1. The van der Waals surface area contributed by atoms with Crippen molar-refractivity contribution in [1.82, 2.24) is 19.2 Å². The molecular formula is C16H15Cl2N5O3S. The lowest BCUT2D eigenvalue weighted by Crippen LogP contribution is -2.19. The Labute approximate surface area is 165 Å². The molecule has 0 atom stereocenters. The Kier molecular flexibility index (Phi) is 4.40. The van der Waals surface area contributed by atoms with Gasteiger partial charge in [-0.05, 0) is 31.9 Å². The lowest BCUT2D eigenvalue weighted by Gasteiger charge is -2.16. The first-order valence-electron chi connectivity index (χ1n) is 8.20. The van der Waals surface area contributed by atoms with E-state index in [1.54, 1.807) is 6.92 Å². The van der Waals surface area contributed by atoms with E-state index in [4.69, 9.17) is 23.2 Å². The summed E-state index contributed by atoms with van der Waals surface area (Å²) in [5, 5.41) is 13.4. The smallest absolute Gasteiger partial charge is 0.301 e. The van der Waals surface area contributed by atoms with Crippen LogP contribution in [-0.2, 0) is 10.0 Å². The molecule has 0 saturated carbocycles. The third-order valence-corrected chi connectivity index (χ3v) is 6.53. The molecule has 3 aromatic heterocycles. The molecule has 0 radical (unpaired) electrons.